The highest BCUT2D eigenvalue weighted by molar-refractivity contribution is 9.10. The van der Waals surface area contributed by atoms with E-state index in [0.29, 0.717) is 22.4 Å². The summed E-state index contributed by atoms with van der Waals surface area (Å²) >= 11 is 8.32. The SMILES string of the molecule is CCCOc1ccc(C(=O)NC(=S)Nc2ccc(Br)cc2C(=O)O)cc1. The summed E-state index contributed by atoms with van der Waals surface area (Å²) in [5.74, 6) is -0.825. The van der Waals surface area contributed by atoms with Gasteiger partial charge in [-0.15, -0.1) is 0 Å². The first-order valence-electron chi connectivity index (χ1n) is 7.78. The van der Waals surface area contributed by atoms with Crippen LogP contribution in [0.5, 0.6) is 5.75 Å². The molecule has 0 fully saturated rings. The third kappa shape index (κ3) is 5.53. The van der Waals surface area contributed by atoms with Crippen molar-refractivity contribution in [3.63, 3.8) is 0 Å². The maximum absolute atomic E-state index is 12.2. The van der Waals surface area contributed by atoms with Gasteiger partial charge in [0.1, 0.15) is 5.75 Å². The van der Waals surface area contributed by atoms with Gasteiger partial charge in [-0.25, -0.2) is 4.79 Å². The molecule has 0 aliphatic carbocycles. The van der Waals surface area contributed by atoms with Crippen LogP contribution >= 0.6 is 28.1 Å². The van der Waals surface area contributed by atoms with Gasteiger partial charge < -0.3 is 15.2 Å². The Balaban J connectivity index is 2.01. The van der Waals surface area contributed by atoms with Gasteiger partial charge in [0.15, 0.2) is 5.11 Å². The first-order valence-corrected chi connectivity index (χ1v) is 8.99. The summed E-state index contributed by atoms with van der Waals surface area (Å²) < 4.78 is 6.09. The van der Waals surface area contributed by atoms with Crippen molar-refractivity contribution in [3.05, 3.63) is 58.1 Å². The topological polar surface area (TPSA) is 87.7 Å². The minimum Gasteiger partial charge on any atom is -0.494 e. The number of nitrogens with one attached hydrogen (secondary N) is 2. The second kappa shape index (κ2) is 9.30. The lowest BCUT2D eigenvalue weighted by atomic mass is 10.2. The molecule has 0 spiro atoms. The van der Waals surface area contributed by atoms with E-state index in [4.69, 9.17) is 17.0 Å². The number of carboxylic acid groups (broad SMARTS) is 1. The van der Waals surface area contributed by atoms with Crippen LogP contribution in [0.1, 0.15) is 34.1 Å². The summed E-state index contributed by atoms with van der Waals surface area (Å²) in [5.41, 5.74) is 0.731. The van der Waals surface area contributed by atoms with Gasteiger partial charge in [-0.2, -0.15) is 0 Å². The third-order valence-corrected chi connectivity index (χ3v) is 3.97. The number of benzene rings is 2. The zero-order valence-electron chi connectivity index (χ0n) is 13.9. The summed E-state index contributed by atoms with van der Waals surface area (Å²) in [4.78, 5) is 23.5. The van der Waals surface area contributed by atoms with Gasteiger partial charge in [-0.3, -0.25) is 10.1 Å². The number of hydrogen-bond donors (Lipinski definition) is 3. The fraction of sp³-hybridized carbons (Fsp3) is 0.167. The molecule has 0 aliphatic rings. The highest BCUT2D eigenvalue weighted by Crippen LogP contribution is 2.21. The van der Waals surface area contributed by atoms with Crippen molar-refractivity contribution >= 4 is 50.8 Å². The second-order valence-electron chi connectivity index (χ2n) is 5.28. The zero-order valence-corrected chi connectivity index (χ0v) is 16.3. The number of hydrogen-bond acceptors (Lipinski definition) is 4. The van der Waals surface area contributed by atoms with Crippen LogP contribution in [0.25, 0.3) is 0 Å². The molecule has 0 radical (unpaired) electrons. The zero-order chi connectivity index (χ0) is 19.1. The summed E-state index contributed by atoms with van der Waals surface area (Å²) in [6.45, 7) is 2.62. The molecular weight excluding hydrogens is 420 g/mol. The van der Waals surface area contributed by atoms with Crippen molar-refractivity contribution in [2.24, 2.45) is 0 Å². The van der Waals surface area contributed by atoms with Gasteiger partial charge in [0.05, 0.1) is 17.9 Å². The van der Waals surface area contributed by atoms with Crippen LogP contribution in [0.2, 0.25) is 0 Å². The van der Waals surface area contributed by atoms with E-state index >= 15 is 0 Å². The first-order chi connectivity index (χ1) is 12.4. The van der Waals surface area contributed by atoms with Crippen molar-refractivity contribution < 1.29 is 19.4 Å². The third-order valence-electron chi connectivity index (χ3n) is 3.28. The van der Waals surface area contributed by atoms with E-state index in [0.717, 1.165) is 6.42 Å². The molecule has 0 saturated heterocycles. The fourth-order valence-electron chi connectivity index (χ4n) is 2.05. The van der Waals surface area contributed by atoms with E-state index in [9.17, 15) is 14.7 Å². The molecule has 8 heteroatoms. The van der Waals surface area contributed by atoms with E-state index in [1.807, 2.05) is 6.92 Å². The van der Waals surface area contributed by atoms with Gasteiger partial charge in [0.2, 0.25) is 0 Å². The van der Waals surface area contributed by atoms with Crippen molar-refractivity contribution in [3.8, 4) is 5.75 Å². The van der Waals surface area contributed by atoms with Gasteiger partial charge in [0.25, 0.3) is 5.91 Å². The fourth-order valence-corrected chi connectivity index (χ4v) is 2.62. The number of halogens is 1. The summed E-state index contributed by atoms with van der Waals surface area (Å²) in [7, 11) is 0. The van der Waals surface area contributed by atoms with E-state index < -0.39 is 11.9 Å². The lowest BCUT2D eigenvalue weighted by Gasteiger charge is -2.12. The number of carbonyl (C=O) groups is 2. The molecule has 0 saturated carbocycles. The quantitative estimate of drug-likeness (QED) is 0.591. The lowest BCUT2D eigenvalue weighted by Crippen LogP contribution is -2.34. The summed E-state index contributed by atoms with van der Waals surface area (Å²) in [5, 5.41) is 14.5. The molecule has 136 valence electrons. The van der Waals surface area contributed by atoms with Gasteiger partial charge in [-0.05, 0) is 61.1 Å². The highest BCUT2D eigenvalue weighted by Gasteiger charge is 2.13. The molecule has 0 heterocycles. The number of ether oxygens (including phenoxy) is 1. The normalized spacial score (nSPS) is 10.1. The van der Waals surface area contributed by atoms with Crippen LogP contribution in [-0.4, -0.2) is 28.7 Å². The summed E-state index contributed by atoms with van der Waals surface area (Å²) in [6.07, 6.45) is 0.899. The molecule has 0 atom stereocenters. The molecule has 26 heavy (non-hydrogen) atoms. The predicted molar refractivity (Wildman–Crippen MR) is 107 cm³/mol. The maximum atomic E-state index is 12.2. The second-order valence-corrected chi connectivity index (χ2v) is 6.60. The molecule has 0 aliphatic heterocycles. The maximum Gasteiger partial charge on any atom is 0.337 e. The first kappa shape index (κ1) is 19.9. The van der Waals surface area contributed by atoms with E-state index in [1.54, 1.807) is 36.4 Å². The molecule has 0 aromatic heterocycles. The van der Waals surface area contributed by atoms with Gasteiger partial charge in [0, 0.05) is 10.0 Å². The molecule has 3 N–H and O–H groups in total. The van der Waals surface area contributed by atoms with E-state index in [1.165, 1.54) is 6.07 Å². The van der Waals surface area contributed by atoms with Crippen LogP contribution < -0.4 is 15.4 Å². The van der Waals surface area contributed by atoms with Crippen molar-refractivity contribution in [2.75, 3.05) is 11.9 Å². The Morgan fingerprint density at radius 2 is 1.88 bits per heavy atom. The Morgan fingerprint density at radius 1 is 1.19 bits per heavy atom. The average molecular weight is 437 g/mol. The number of thiocarbonyl (C=S) groups is 1. The summed E-state index contributed by atoms with van der Waals surface area (Å²) in [6, 6.07) is 11.4. The molecule has 0 bridgehead atoms. The Labute approximate surface area is 164 Å². The standard InChI is InChI=1S/C18H17BrN2O4S/c1-2-9-25-13-6-3-11(4-7-13)16(22)21-18(26)20-15-8-5-12(19)10-14(15)17(23)24/h3-8,10H,2,9H2,1H3,(H,23,24)(H2,20,21,22,26). The molecule has 1 amide bonds. The van der Waals surface area contributed by atoms with E-state index in [-0.39, 0.29) is 16.4 Å². The number of carbonyl (C=O) groups excluding carboxylic acids is 1. The van der Waals surface area contributed by atoms with Gasteiger partial charge >= 0.3 is 5.97 Å². The largest absolute Gasteiger partial charge is 0.494 e. The van der Waals surface area contributed by atoms with Gasteiger partial charge in [-0.1, -0.05) is 22.9 Å². The Morgan fingerprint density at radius 3 is 2.50 bits per heavy atom. The monoisotopic (exact) mass is 436 g/mol. The van der Waals surface area contributed by atoms with E-state index in [2.05, 4.69) is 26.6 Å². The Hall–Kier alpha value is -2.45. The predicted octanol–water partition coefficient (Wildman–Crippen LogP) is 4.06. The minimum atomic E-state index is -1.11. The number of carboxylic acids is 1. The molecular formula is C18H17BrN2O4S. The van der Waals surface area contributed by atoms with Crippen molar-refractivity contribution in [1.29, 1.82) is 0 Å². The molecule has 2 aromatic carbocycles. The molecule has 6 nitrogen and oxygen atoms in total. The van der Waals surface area contributed by atoms with Crippen LogP contribution in [0.3, 0.4) is 0 Å². The number of aromatic carboxylic acids is 1. The van der Waals surface area contributed by atoms with Crippen LogP contribution in [0.15, 0.2) is 46.9 Å². The van der Waals surface area contributed by atoms with Crippen LogP contribution in [0.4, 0.5) is 5.69 Å². The Bertz CT molecular complexity index is 824. The lowest BCUT2D eigenvalue weighted by molar-refractivity contribution is 0.0697. The van der Waals surface area contributed by atoms with Crippen LogP contribution in [0, 0.1) is 0 Å². The average Bonchev–Trinajstić information content (AvgIpc) is 2.61. The molecule has 0 unspecified atom stereocenters. The van der Waals surface area contributed by atoms with Crippen molar-refractivity contribution in [2.45, 2.75) is 13.3 Å². The smallest absolute Gasteiger partial charge is 0.337 e. The molecule has 2 rings (SSSR count). The molecule has 2 aromatic rings. The number of amides is 1. The number of rotatable bonds is 6. The number of anilines is 1. The Kier molecular flexibility index (Phi) is 7.11. The van der Waals surface area contributed by atoms with Crippen molar-refractivity contribution in [1.82, 2.24) is 5.32 Å². The van der Waals surface area contributed by atoms with Crippen LogP contribution in [-0.2, 0) is 0 Å². The minimum absolute atomic E-state index is 0.00568. The highest BCUT2D eigenvalue weighted by atomic mass is 79.9.